The van der Waals surface area contributed by atoms with E-state index in [0.29, 0.717) is 26.4 Å². The van der Waals surface area contributed by atoms with Crippen LogP contribution in [0.2, 0.25) is 0 Å². The van der Waals surface area contributed by atoms with Gasteiger partial charge in [0.1, 0.15) is 5.82 Å². The normalized spacial score (nSPS) is 18.4. The maximum atomic E-state index is 14.1. The number of hydrogen-bond acceptors (Lipinski definition) is 3. The highest BCUT2D eigenvalue weighted by Gasteiger charge is 2.32. The van der Waals surface area contributed by atoms with E-state index in [-0.39, 0.29) is 0 Å². The summed E-state index contributed by atoms with van der Waals surface area (Å²) in [5.74, 6) is -0.965. The van der Waals surface area contributed by atoms with Gasteiger partial charge in [-0.3, -0.25) is 0 Å². The Hall–Kier alpha value is -1.47. The van der Waals surface area contributed by atoms with Crippen molar-refractivity contribution >= 4 is 39.2 Å². The van der Waals surface area contributed by atoms with E-state index in [1.807, 2.05) is 0 Å². The predicted octanol–water partition coefficient (Wildman–Crippen LogP) is 2.55. The zero-order chi connectivity index (χ0) is 14.9. The Bertz CT molecular complexity index is 618. The number of rotatable bonds is 2. The number of ether oxygens (including phenoxy) is 1. The lowest BCUT2D eigenvalue weighted by molar-refractivity contribution is -0.136. The molecule has 2 N–H and O–H groups in total. The van der Waals surface area contributed by atoms with Crippen LogP contribution >= 0.6 is 28.1 Å². The molecule has 106 valence electrons. The molecule has 20 heavy (non-hydrogen) atoms. The summed E-state index contributed by atoms with van der Waals surface area (Å²) in [6.07, 6.45) is 0. The molecular weight excluding hydrogens is 347 g/mol. The van der Waals surface area contributed by atoms with Gasteiger partial charge in [-0.05, 0) is 31.3 Å². The van der Waals surface area contributed by atoms with Crippen LogP contribution in [0.1, 0.15) is 18.5 Å². The van der Waals surface area contributed by atoms with Gasteiger partial charge in [-0.2, -0.15) is 0 Å². The minimum Gasteiger partial charge on any atom is -0.466 e. The molecule has 0 bridgehead atoms. The summed E-state index contributed by atoms with van der Waals surface area (Å²) in [6, 6.07) is 3.97. The fraction of sp³-hybridized carbons (Fsp3) is 0.231. The van der Waals surface area contributed by atoms with E-state index in [9.17, 15) is 9.18 Å². The van der Waals surface area contributed by atoms with Crippen LogP contribution in [0.4, 0.5) is 4.39 Å². The summed E-state index contributed by atoms with van der Waals surface area (Å²) in [6.45, 7) is 1.70. The topological polar surface area (TPSA) is 50.4 Å². The molecule has 1 aromatic rings. The van der Waals surface area contributed by atoms with Crippen molar-refractivity contribution in [2.24, 2.45) is 0 Å². The number of carbonyl (C=O) groups is 1. The van der Waals surface area contributed by atoms with Crippen molar-refractivity contribution in [1.82, 2.24) is 10.6 Å². The average molecular weight is 359 g/mol. The Balaban J connectivity index is 2.54. The number of halogens is 2. The van der Waals surface area contributed by atoms with Gasteiger partial charge >= 0.3 is 5.97 Å². The fourth-order valence-corrected chi connectivity index (χ4v) is 2.65. The van der Waals surface area contributed by atoms with Crippen molar-refractivity contribution < 1.29 is 13.9 Å². The number of hydrogen-bond donors (Lipinski definition) is 2. The standard InChI is InChI=1S/C13H12BrFN2O2S/c1-6-10(12(18)19-2)11(17-13(20)16-6)8-4-3-7(14)5-9(8)15/h3-5,11H,1-2H3,(H2,16,17,20)/t11-/m0/s1. The Morgan fingerprint density at radius 1 is 1.50 bits per heavy atom. The SMILES string of the molecule is COC(=O)C1=C(C)NC(=S)N[C@H]1c1ccc(Br)cc1F. The smallest absolute Gasteiger partial charge is 0.337 e. The number of carbonyl (C=O) groups excluding carboxylic acids is 1. The summed E-state index contributed by atoms with van der Waals surface area (Å²) in [4.78, 5) is 11.9. The van der Waals surface area contributed by atoms with Gasteiger partial charge in [-0.25, -0.2) is 9.18 Å². The molecule has 1 heterocycles. The quantitative estimate of drug-likeness (QED) is 0.628. The second-order valence-corrected chi connectivity index (χ2v) is 5.55. The molecule has 0 fully saturated rings. The van der Waals surface area contributed by atoms with Gasteiger partial charge in [0, 0.05) is 15.7 Å². The Kier molecular flexibility index (Phi) is 4.39. The first-order valence-corrected chi connectivity index (χ1v) is 6.95. The predicted molar refractivity (Wildman–Crippen MR) is 80.4 cm³/mol. The van der Waals surface area contributed by atoms with Crippen molar-refractivity contribution in [3.05, 3.63) is 45.3 Å². The molecule has 0 unspecified atom stereocenters. The van der Waals surface area contributed by atoms with Crippen LogP contribution in [0.5, 0.6) is 0 Å². The van der Waals surface area contributed by atoms with Crippen molar-refractivity contribution in [3.63, 3.8) is 0 Å². The van der Waals surface area contributed by atoms with Crippen LogP contribution in [-0.4, -0.2) is 18.2 Å². The maximum absolute atomic E-state index is 14.1. The van der Waals surface area contributed by atoms with Crippen LogP contribution in [0.3, 0.4) is 0 Å². The molecule has 0 aromatic heterocycles. The molecule has 2 rings (SSSR count). The lowest BCUT2D eigenvalue weighted by atomic mass is 9.95. The van der Waals surface area contributed by atoms with E-state index >= 15 is 0 Å². The maximum Gasteiger partial charge on any atom is 0.337 e. The van der Waals surface area contributed by atoms with Crippen LogP contribution < -0.4 is 10.6 Å². The Labute approximate surface area is 129 Å². The van der Waals surface area contributed by atoms with Gasteiger partial charge < -0.3 is 15.4 Å². The van der Waals surface area contributed by atoms with Gasteiger partial charge in [0.15, 0.2) is 5.11 Å². The summed E-state index contributed by atoms with van der Waals surface area (Å²) >= 11 is 8.26. The molecule has 1 atom stereocenters. The summed E-state index contributed by atoms with van der Waals surface area (Å²) in [5.41, 5.74) is 1.19. The molecule has 0 radical (unpaired) electrons. The van der Waals surface area contributed by atoms with Crippen LogP contribution in [0.15, 0.2) is 33.9 Å². The third kappa shape index (κ3) is 2.83. The van der Waals surface area contributed by atoms with E-state index in [0.717, 1.165) is 0 Å². The minimum absolute atomic E-state index is 0.308. The molecule has 0 saturated carbocycles. The summed E-state index contributed by atoms with van der Waals surface area (Å²) in [5, 5.41) is 6.07. The van der Waals surface area contributed by atoms with Crippen LogP contribution in [0, 0.1) is 5.82 Å². The highest BCUT2D eigenvalue weighted by atomic mass is 79.9. The number of allylic oxidation sites excluding steroid dienone is 1. The largest absolute Gasteiger partial charge is 0.466 e. The molecular formula is C13H12BrFN2O2S. The Morgan fingerprint density at radius 2 is 2.20 bits per heavy atom. The van der Waals surface area contributed by atoms with E-state index in [1.165, 1.54) is 13.2 Å². The third-order valence-corrected chi connectivity index (χ3v) is 3.66. The van der Waals surface area contributed by atoms with E-state index in [1.54, 1.807) is 19.1 Å². The monoisotopic (exact) mass is 358 g/mol. The number of benzene rings is 1. The summed E-state index contributed by atoms with van der Waals surface area (Å²) < 4.78 is 19.5. The molecule has 0 spiro atoms. The lowest BCUT2D eigenvalue weighted by Crippen LogP contribution is -2.45. The molecule has 1 aliphatic heterocycles. The van der Waals surface area contributed by atoms with Crippen molar-refractivity contribution in [3.8, 4) is 0 Å². The zero-order valence-corrected chi connectivity index (χ0v) is 13.2. The minimum atomic E-state index is -0.677. The third-order valence-electron chi connectivity index (χ3n) is 2.95. The van der Waals surface area contributed by atoms with Crippen LogP contribution in [-0.2, 0) is 9.53 Å². The van der Waals surface area contributed by atoms with E-state index in [4.69, 9.17) is 17.0 Å². The molecule has 0 saturated heterocycles. The van der Waals surface area contributed by atoms with Crippen molar-refractivity contribution in [2.45, 2.75) is 13.0 Å². The van der Waals surface area contributed by atoms with Gasteiger partial charge in [0.2, 0.25) is 0 Å². The first-order chi connectivity index (χ1) is 9.43. The average Bonchev–Trinajstić information content (AvgIpc) is 2.37. The van der Waals surface area contributed by atoms with Gasteiger partial charge in [0.25, 0.3) is 0 Å². The van der Waals surface area contributed by atoms with Crippen molar-refractivity contribution in [1.29, 1.82) is 0 Å². The second kappa shape index (κ2) is 5.88. The first-order valence-electron chi connectivity index (χ1n) is 5.75. The number of esters is 1. The lowest BCUT2D eigenvalue weighted by Gasteiger charge is -2.29. The van der Waals surface area contributed by atoms with E-state index < -0.39 is 17.8 Å². The van der Waals surface area contributed by atoms with E-state index in [2.05, 4.69) is 26.6 Å². The molecule has 7 heteroatoms. The van der Waals surface area contributed by atoms with Gasteiger partial charge in [-0.15, -0.1) is 0 Å². The van der Waals surface area contributed by atoms with Crippen LogP contribution in [0.25, 0.3) is 0 Å². The van der Waals surface area contributed by atoms with Crippen molar-refractivity contribution in [2.75, 3.05) is 7.11 Å². The molecule has 1 aromatic carbocycles. The first kappa shape index (κ1) is 14.9. The Morgan fingerprint density at radius 3 is 2.80 bits per heavy atom. The highest BCUT2D eigenvalue weighted by Crippen LogP contribution is 2.30. The summed E-state index contributed by atoms with van der Waals surface area (Å²) in [7, 11) is 1.28. The second-order valence-electron chi connectivity index (χ2n) is 4.23. The zero-order valence-electron chi connectivity index (χ0n) is 10.8. The van der Waals surface area contributed by atoms with Gasteiger partial charge in [-0.1, -0.05) is 22.0 Å². The highest BCUT2D eigenvalue weighted by molar-refractivity contribution is 9.10. The fourth-order valence-electron chi connectivity index (χ4n) is 2.04. The molecule has 4 nitrogen and oxygen atoms in total. The molecule has 0 amide bonds. The number of nitrogens with one attached hydrogen (secondary N) is 2. The number of thiocarbonyl (C=S) groups is 1. The number of methoxy groups -OCH3 is 1. The molecule has 0 aliphatic carbocycles. The molecule has 1 aliphatic rings. The van der Waals surface area contributed by atoms with Gasteiger partial charge in [0.05, 0.1) is 18.7 Å².